The van der Waals surface area contributed by atoms with Gasteiger partial charge in [0.2, 0.25) is 0 Å². The van der Waals surface area contributed by atoms with Crippen molar-refractivity contribution in [3.63, 3.8) is 0 Å². The van der Waals surface area contributed by atoms with Gasteiger partial charge in [-0.25, -0.2) is 18.5 Å². The molecule has 0 aliphatic rings. The van der Waals surface area contributed by atoms with Crippen molar-refractivity contribution in [3.8, 4) is 0 Å². The molecule has 0 bridgehead atoms. The van der Waals surface area contributed by atoms with Crippen LogP contribution in [0.1, 0.15) is 0 Å². The minimum Gasteiger partial charge on any atom is -0.245 e. The normalized spacial score (nSPS) is 15.5. The molecule has 0 radical (unpaired) electrons. The molecular formula is C6H9N3OS. The Hall–Kier alpha value is -0.970. The van der Waals surface area contributed by atoms with Crippen molar-refractivity contribution in [2.45, 2.75) is 4.90 Å². The van der Waals surface area contributed by atoms with Crippen LogP contribution >= 0.6 is 0 Å². The number of rotatable bonds is 1. The van der Waals surface area contributed by atoms with E-state index in [1.165, 1.54) is 25.8 Å². The first-order chi connectivity index (χ1) is 5.17. The van der Waals surface area contributed by atoms with Crippen LogP contribution in [0.25, 0.3) is 0 Å². The van der Waals surface area contributed by atoms with Crippen LogP contribution in [-0.2, 0) is 9.73 Å². The zero-order valence-electron chi connectivity index (χ0n) is 6.39. The molecule has 0 aliphatic carbocycles. The molecule has 1 aromatic rings. The molecule has 0 fully saturated rings. The molecule has 0 aliphatic heterocycles. The minimum absolute atomic E-state index is 0.572. The van der Waals surface area contributed by atoms with Crippen molar-refractivity contribution in [2.75, 3.05) is 13.3 Å². The van der Waals surface area contributed by atoms with E-state index in [2.05, 4.69) is 14.3 Å². The SMILES string of the molecule is CN=S(C)(=O)c1cncnc1. The highest BCUT2D eigenvalue weighted by Crippen LogP contribution is 2.05. The molecule has 60 valence electrons. The quantitative estimate of drug-likeness (QED) is 0.620. The van der Waals surface area contributed by atoms with Crippen LogP contribution in [0.2, 0.25) is 0 Å². The smallest absolute Gasteiger partial charge is 0.115 e. The van der Waals surface area contributed by atoms with Gasteiger partial charge in [-0.15, -0.1) is 0 Å². The van der Waals surface area contributed by atoms with Gasteiger partial charge in [0, 0.05) is 25.7 Å². The number of aromatic nitrogens is 2. The molecule has 0 amide bonds. The molecule has 0 aromatic carbocycles. The first-order valence-electron chi connectivity index (χ1n) is 3.02. The second-order valence-corrected chi connectivity index (χ2v) is 4.50. The molecule has 0 N–H and O–H groups in total. The van der Waals surface area contributed by atoms with Crippen LogP contribution in [0.3, 0.4) is 0 Å². The third kappa shape index (κ3) is 1.74. The van der Waals surface area contributed by atoms with E-state index in [0.717, 1.165) is 0 Å². The predicted molar refractivity (Wildman–Crippen MR) is 42.7 cm³/mol. The van der Waals surface area contributed by atoms with Gasteiger partial charge in [-0.05, 0) is 0 Å². The Labute approximate surface area is 65.9 Å². The topological polar surface area (TPSA) is 55.2 Å². The van der Waals surface area contributed by atoms with E-state index in [1.54, 1.807) is 6.26 Å². The highest BCUT2D eigenvalue weighted by Gasteiger charge is 2.02. The Morgan fingerprint density at radius 3 is 2.45 bits per heavy atom. The summed E-state index contributed by atoms with van der Waals surface area (Å²) in [6, 6.07) is 0. The number of nitrogens with zero attached hydrogens (tertiary/aromatic N) is 3. The maximum atomic E-state index is 11.5. The number of hydrogen-bond acceptors (Lipinski definition) is 4. The second kappa shape index (κ2) is 2.96. The summed E-state index contributed by atoms with van der Waals surface area (Å²) < 4.78 is 15.2. The van der Waals surface area contributed by atoms with E-state index >= 15 is 0 Å². The van der Waals surface area contributed by atoms with Crippen LogP contribution in [0.4, 0.5) is 0 Å². The zero-order chi connectivity index (χ0) is 8.32. The molecule has 4 nitrogen and oxygen atoms in total. The standard InChI is InChI=1S/C6H9N3OS/c1-7-11(2,10)6-3-8-5-9-4-6/h3-5H,1-2H3. The predicted octanol–water partition coefficient (Wildman–Crippen LogP) is 0.563. The third-order valence-electron chi connectivity index (χ3n) is 1.32. The molecule has 0 spiro atoms. The highest BCUT2D eigenvalue weighted by molar-refractivity contribution is 7.93. The third-order valence-corrected chi connectivity index (χ3v) is 3.10. The summed E-state index contributed by atoms with van der Waals surface area (Å²) >= 11 is 0. The molecule has 1 unspecified atom stereocenters. The van der Waals surface area contributed by atoms with E-state index < -0.39 is 9.73 Å². The zero-order valence-corrected chi connectivity index (χ0v) is 7.21. The maximum absolute atomic E-state index is 11.5. The Balaban J connectivity index is 3.25. The van der Waals surface area contributed by atoms with Crippen molar-refractivity contribution in [1.29, 1.82) is 0 Å². The fourth-order valence-electron chi connectivity index (χ4n) is 0.586. The summed E-state index contributed by atoms with van der Waals surface area (Å²) in [6.07, 6.45) is 5.99. The summed E-state index contributed by atoms with van der Waals surface area (Å²) in [4.78, 5) is 8.07. The van der Waals surface area contributed by atoms with E-state index in [4.69, 9.17) is 0 Å². The van der Waals surface area contributed by atoms with E-state index in [1.807, 2.05) is 0 Å². The van der Waals surface area contributed by atoms with Gasteiger partial charge in [0.05, 0.1) is 14.6 Å². The summed E-state index contributed by atoms with van der Waals surface area (Å²) in [6.45, 7) is 0. The Morgan fingerprint density at radius 2 is 2.00 bits per heavy atom. The van der Waals surface area contributed by atoms with Gasteiger partial charge in [0.15, 0.2) is 0 Å². The van der Waals surface area contributed by atoms with Crippen LogP contribution in [0.15, 0.2) is 28.0 Å². The molecule has 5 heteroatoms. The van der Waals surface area contributed by atoms with Crippen LogP contribution in [-0.4, -0.2) is 27.5 Å². The largest absolute Gasteiger partial charge is 0.245 e. The van der Waals surface area contributed by atoms with E-state index in [0.29, 0.717) is 4.90 Å². The van der Waals surface area contributed by atoms with Crippen molar-refractivity contribution in [3.05, 3.63) is 18.7 Å². The van der Waals surface area contributed by atoms with Crippen LogP contribution in [0.5, 0.6) is 0 Å². The van der Waals surface area contributed by atoms with Crippen LogP contribution in [0, 0.1) is 0 Å². The lowest BCUT2D eigenvalue weighted by Gasteiger charge is -1.98. The van der Waals surface area contributed by atoms with Crippen molar-refractivity contribution in [2.24, 2.45) is 4.36 Å². The monoisotopic (exact) mass is 171 g/mol. The average Bonchev–Trinajstić information content (AvgIpc) is 2.06. The first-order valence-corrected chi connectivity index (χ1v) is 4.94. The average molecular weight is 171 g/mol. The van der Waals surface area contributed by atoms with E-state index in [9.17, 15) is 4.21 Å². The lowest BCUT2D eigenvalue weighted by Crippen LogP contribution is -1.97. The van der Waals surface area contributed by atoms with Gasteiger partial charge in [-0.2, -0.15) is 0 Å². The van der Waals surface area contributed by atoms with Gasteiger partial charge < -0.3 is 0 Å². The minimum atomic E-state index is -2.25. The Kier molecular flexibility index (Phi) is 2.19. The first kappa shape index (κ1) is 8.13. The molecule has 1 heterocycles. The number of hydrogen-bond donors (Lipinski definition) is 0. The molecule has 11 heavy (non-hydrogen) atoms. The lowest BCUT2D eigenvalue weighted by atomic mass is 10.7. The fraction of sp³-hybridized carbons (Fsp3) is 0.333. The summed E-state index contributed by atoms with van der Waals surface area (Å²) in [5.41, 5.74) is 0. The molecule has 0 saturated carbocycles. The summed E-state index contributed by atoms with van der Waals surface area (Å²) in [5, 5.41) is 0. The van der Waals surface area contributed by atoms with E-state index in [-0.39, 0.29) is 0 Å². The van der Waals surface area contributed by atoms with Crippen molar-refractivity contribution < 1.29 is 4.21 Å². The van der Waals surface area contributed by atoms with Crippen LogP contribution < -0.4 is 0 Å². The Bertz CT molecular complexity index is 340. The van der Waals surface area contributed by atoms with Crippen molar-refractivity contribution >= 4 is 9.73 Å². The van der Waals surface area contributed by atoms with Gasteiger partial charge in [0.25, 0.3) is 0 Å². The Morgan fingerprint density at radius 1 is 1.45 bits per heavy atom. The second-order valence-electron chi connectivity index (χ2n) is 2.06. The molecule has 1 aromatic heterocycles. The van der Waals surface area contributed by atoms with Gasteiger partial charge in [0.1, 0.15) is 6.33 Å². The van der Waals surface area contributed by atoms with Gasteiger partial charge in [-0.3, -0.25) is 0 Å². The highest BCUT2D eigenvalue weighted by atomic mass is 32.2. The molecular weight excluding hydrogens is 162 g/mol. The van der Waals surface area contributed by atoms with Gasteiger partial charge in [-0.1, -0.05) is 0 Å². The maximum Gasteiger partial charge on any atom is 0.115 e. The van der Waals surface area contributed by atoms with Crippen molar-refractivity contribution in [1.82, 2.24) is 9.97 Å². The molecule has 1 atom stereocenters. The summed E-state index contributed by atoms with van der Waals surface area (Å²) in [7, 11) is -0.725. The summed E-state index contributed by atoms with van der Waals surface area (Å²) in [5.74, 6) is 0. The molecule has 1 rings (SSSR count). The lowest BCUT2D eigenvalue weighted by molar-refractivity contribution is 0.679. The fourth-order valence-corrected chi connectivity index (χ4v) is 1.31. The van der Waals surface area contributed by atoms with Gasteiger partial charge >= 0.3 is 0 Å². The molecule has 0 saturated heterocycles.